The maximum absolute atomic E-state index is 13.9. The minimum atomic E-state index is -0.512. The van der Waals surface area contributed by atoms with Gasteiger partial charge >= 0.3 is 0 Å². The summed E-state index contributed by atoms with van der Waals surface area (Å²) in [5, 5.41) is 2.81. The maximum atomic E-state index is 13.9. The molecule has 0 unspecified atom stereocenters. The molecule has 0 spiro atoms. The highest BCUT2D eigenvalue weighted by Gasteiger charge is 2.20. The standard InChI is InChI=1S/C29H25F2N3O2/c30-25-11-4-9-22(15-25)28(35)33-27-13-2-1-8-24(27)19-34(18-21-7-3-6-20(14-21)17-32)29(36)23-10-5-12-26(31)16-23/h1-16H,17-19,32H2,(H,33,35). The molecule has 2 amide bonds. The van der Waals surface area contributed by atoms with Crippen molar-refractivity contribution in [1.29, 1.82) is 0 Å². The van der Waals surface area contributed by atoms with Gasteiger partial charge in [0.2, 0.25) is 0 Å². The second-order valence-corrected chi connectivity index (χ2v) is 8.32. The van der Waals surface area contributed by atoms with Crippen molar-refractivity contribution in [1.82, 2.24) is 4.90 Å². The van der Waals surface area contributed by atoms with Crippen molar-refractivity contribution in [2.24, 2.45) is 5.73 Å². The molecule has 7 heteroatoms. The Morgan fingerprint density at radius 3 is 2.08 bits per heavy atom. The van der Waals surface area contributed by atoms with Crippen LogP contribution in [0, 0.1) is 11.6 Å². The smallest absolute Gasteiger partial charge is 0.255 e. The van der Waals surface area contributed by atoms with Crippen molar-refractivity contribution in [3.63, 3.8) is 0 Å². The van der Waals surface area contributed by atoms with E-state index in [9.17, 15) is 18.4 Å². The lowest BCUT2D eigenvalue weighted by atomic mass is 10.1. The average molecular weight is 486 g/mol. The Hall–Kier alpha value is -4.36. The molecular formula is C29H25F2N3O2. The second kappa shape index (κ2) is 11.4. The van der Waals surface area contributed by atoms with Crippen LogP contribution in [-0.2, 0) is 19.6 Å². The van der Waals surface area contributed by atoms with E-state index in [1.54, 1.807) is 35.2 Å². The van der Waals surface area contributed by atoms with E-state index in [0.29, 0.717) is 17.8 Å². The molecular weight excluding hydrogens is 460 g/mol. The van der Waals surface area contributed by atoms with Crippen molar-refractivity contribution in [2.45, 2.75) is 19.6 Å². The van der Waals surface area contributed by atoms with Crippen LogP contribution in [0.15, 0.2) is 97.1 Å². The Morgan fingerprint density at radius 1 is 0.722 bits per heavy atom. The van der Waals surface area contributed by atoms with Crippen LogP contribution >= 0.6 is 0 Å². The van der Waals surface area contributed by atoms with Crippen LogP contribution in [0.2, 0.25) is 0 Å². The summed E-state index contributed by atoms with van der Waals surface area (Å²) >= 11 is 0. The Kier molecular flexibility index (Phi) is 7.82. The normalized spacial score (nSPS) is 10.6. The highest BCUT2D eigenvalue weighted by atomic mass is 19.1. The number of nitrogens with one attached hydrogen (secondary N) is 1. The van der Waals surface area contributed by atoms with Gasteiger partial charge in [-0.15, -0.1) is 0 Å². The molecule has 0 saturated carbocycles. The van der Waals surface area contributed by atoms with Crippen LogP contribution in [0.3, 0.4) is 0 Å². The van der Waals surface area contributed by atoms with E-state index < -0.39 is 17.5 Å². The molecule has 4 rings (SSSR count). The lowest BCUT2D eigenvalue weighted by Gasteiger charge is -2.25. The predicted molar refractivity (Wildman–Crippen MR) is 135 cm³/mol. The number of hydrogen-bond acceptors (Lipinski definition) is 3. The van der Waals surface area contributed by atoms with E-state index in [2.05, 4.69) is 5.32 Å². The Balaban J connectivity index is 1.64. The van der Waals surface area contributed by atoms with Crippen molar-refractivity contribution < 1.29 is 18.4 Å². The number of amides is 2. The summed E-state index contributed by atoms with van der Waals surface area (Å²) in [7, 11) is 0. The van der Waals surface area contributed by atoms with Crippen molar-refractivity contribution in [3.05, 3.63) is 137 Å². The third-order valence-corrected chi connectivity index (χ3v) is 5.67. The number of rotatable bonds is 8. The number of nitrogens with two attached hydrogens (primary N) is 1. The molecule has 0 aliphatic rings. The summed E-state index contributed by atoms with van der Waals surface area (Å²) < 4.78 is 27.5. The second-order valence-electron chi connectivity index (χ2n) is 8.32. The first-order valence-electron chi connectivity index (χ1n) is 11.4. The summed E-state index contributed by atoms with van der Waals surface area (Å²) in [6.07, 6.45) is 0. The van der Waals surface area contributed by atoms with Gasteiger partial charge in [-0.25, -0.2) is 8.78 Å². The quantitative estimate of drug-likeness (QED) is 0.345. The number of hydrogen-bond donors (Lipinski definition) is 2. The van der Waals surface area contributed by atoms with E-state index in [4.69, 9.17) is 5.73 Å². The summed E-state index contributed by atoms with van der Waals surface area (Å²) in [5.41, 5.74) is 9.11. The summed E-state index contributed by atoms with van der Waals surface area (Å²) in [6, 6.07) is 25.6. The molecule has 36 heavy (non-hydrogen) atoms. The summed E-state index contributed by atoms with van der Waals surface area (Å²) in [4.78, 5) is 27.8. The fraction of sp³-hybridized carbons (Fsp3) is 0.103. The van der Waals surface area contributed by atoms with Crippen LogP contribution in [0.5, 0.6) is 0 Å². The molecule has 3 N–H and O–H groups in total. The van der Waals surface area contributed by atoms with E-state index in [1.165, 1.54) is 36.4 Å². The monoisotopic (exact) mass is 485 g/mol. The highest BCUT2D eigenvalue weighted by Crippen LogP contribution is 2.22. The SMILES string of the molecule is NCc1cccc(CN(Cc2ccccc2NC(=O)c2cccc(F)c2)C(=O)c2cccc(F)c2)c1. The number of halogens is 2. The van der Waals surface area contributed by atoms with Gasteiger partial charge in [0.05, 0.1) is 0 Å². The lowest BCUT2D eigenvalue weighted by molar-refractivity contribution is 0.0730. The molecule has 4 aromatic carbocycles. The van der Waals surface area contributed by atoms with Crippen LogP contribution in [-0.4, -0.2) is 16.7 Å². The van der Waals surface area contributed by atoms with Gasteiger partial charge < -0.3 is 16.0 Å². The molecule has 0 aliphatic heterocycles. The first kappa shape index (κ1) is 24.8. The van der Waals surface area contributed by atoms with Crippen molar-refractivity contribution in [3.8, 4) is 0 Å². The van der Waals surface area contributed by atoms with E-state index >= 15 is 0 Å². The fourth-order valence-corrected chi connectivity index (χ4v) is 3.89. The van der Waals surface area contributed by atoms with Crippen LogP contribution in [0.4, 0.5) is 14.5 Å². The molecule has 4 aromatic rings. The maximum Gasteiger partial charge on any atom is 0.255 e. The molecule has 0 aliphatic carbocycles. The highest BCUT2D eigenvalue weighted by molar-refractivity contribution is 6.04. The first-order valence-corrected chi connectivity index (χ1v) is 11.4. The molecule has 5 nitrogen and oxygen atoms in total. The lowest BCUT2D eigenvalue weighted by Crippen LogP contribution is -2.30. The van der Waals surface area contributed by atoms with E-state index in [0.717, 1.165) is 17.2 Å². The summed E-state index contributed by atoms with van der Waals surface area (Å²) in [6.45, 7) is 0.748. The van der Waals surface area contributed by atoms with Crippen molar-refractivity contribution >= 4 is 17.5 Å². The van der Waals surface area contributed by atoms with Crippen LogP contribution < -0.4 is 11.1 Å². The van der Waals surface area contributed by atoms with Gasteiger partial charge in [-0.2, -0.15) is 0 Å². The number of anilines is 1. The van der Waals surface area contributed by atoms with Crippen LogP contribution in [0.25, 0.3) is 0 Å². The summed E-state index contributed by atoms with van der Waals surface area (Å²) in [5.74, 6) is -1.85. The predicted octanol–water partition coefficient (Wildman–Crippen LogP) is 5.52. The van der Waals surface area contributed by atoms with Crippen LogP contribution in [0.1, 0.15) is 37.4 Å². The van der Waals surface area contributed by atoms with Gasteiger partial charge in [0, 0.05) is 36.4 Å². The first-order chi connectivity index (χ1) is 17.4. The molecule has 0 radical (unpaired) electrons. The van der Waals surface area contributed by atoms with Gasteiger partial charge in [0.15, 0.2) is 0 Å². The van der Waals surface area contributed by atoms with Gasteiger partial charge in [0.1, 0.15) is 11.6 Å². The Morgan fingerprint density at radius 2 is 1.36 bits per heavy atom. The number of carbonyl (C=O) groups is 2. The van der Waals surface area contributed by atoms with E-state index in [-0.39, 0.29) is 30.1 Å². The average Bonchev–Trinajstić information content (AvgIpc) is 2.89. The zero-order chi connectivity index (χ0) is 25.5. The number of carbonyl (C=O) groups excluding carboxylic acids is 2. The number of benzene rings is 4. The van der Waals surface area contributed by atoms with Gasteiger partial charge in [-0.3, -0.25) is 9.59 Å². The molecule has 0 fully saturated rings. The topological polar surface area (TPSA) is 75.4 Å². The Labute approximate surface area is 208 Å². The largest absolute Gasteiger partial charge is 0.330 e. The number of nitrogens with zero attached hydrogens (tertiary/aromatic N) is 1. The third kappa shape index (κ3) is 6.20. The molecule has 0 aromatic heterocycles. The molecule has 0 bridgehead atoms. The van der Waals surface area contributed by atoms with Gasteiger partial charge in [0.25, 0.3) is 11.8 Å². The molecule has 0 heterocycles. The fourth-order valence-electron chi connectivity index (χ4n) is 3.89. The molecule has 0 saturated heterocycles. The van der Waals surface area contributed by atoms with Crippen molar-refractivity contribution in [2.75, 3.05) is 5.32 Å². The Bertz CT molecular complexity index is 1390. The minimum Gasteiger partial charge on any atom is -0.330 e. The third-order valence-electron chi connectivity index (χ3n) is 5.67. The molecule has 182 valence electrons. The zero-order valence-electron chi connectivity index (χ0n) is 19.5. The zero-order valence-corrected chi connectivity index (χ0v) is 19.5. The number of para-hydroxylation sites is 1. The molecule has 0 atom stereocenters. The minimum absolute atomic E-state index is 0.141. The van der Waals surface area contributed by atoms with Gasteiger partial charge in [-0.05, 0) is 59.2 Å². The van der Waals surface area contributed by atoms with Gasteiger partial charge in [-0.1, -0.05) is 54.6 Å². The van der Waals surface area contributed by atoms with E-state index in [1.807, 2.05) is 24.3 Å².